The second kappa shape index (κ2) is 4.76. The van der Waals surface area contributed by atoms with E-state index in [1.165, 1.54) is 24.3 Å². The fourth-order valence-electron chi connectivity index (χ4n) is 2.65. The van der Waals surface area contributed by atoms with Gasteiger partial charge < -0.3 is 9.88 Å². The Balaban J connectivity index is 2.08. The first-order valence-electron chi connectivity index (χ1n) is 6.26. The molecule has 0 unspecified atom stereocenters. The molecule has 1 fully saturated rings. The molecule has 0 spiro atoms. The van der Waals surface area contributed by atoms with E-state index < -0.39 is 6.48 Å². The lowest BCUT2D eigenvalue weighted by Gasteiger charge is -2.37. The zero-order chi connectivity index (χ0) is 13.3. The molecule has 2 aromatic carbocycles. The number of rotatable bonds is 2. The standard InChI is InChI=1S/C14H13BF2NO/c16-13-5-1-11(2-6-13)15(18-9-10-19-15)12-3-7-14(17)8-4-12/h1-8,18H,9-10H2/q-1. The molecule has 1 saturated heterocycles. The average molecular weight is 260 g/mol. The fourth-order valence-corrected chi connectivity index (χ4v) is 2.65. The molecule has 0 amide bonds. The van der Waals surface area contributed by atoms with Gasteiger partial charge in [0.2, 0.25) is 6.48 Å². The van der Waals surface area contributed by atoms with Gasteiger partial charge in [-0.15, -0.1) is 0 Å². The normalized spacial score (nSPS) is 17.6. The maximum Gasteiger partial charge on any atom is 0.239 e. The molecule has 19 heavy (non-hydrogen) atoms. The molecule has 0 bridgehead atoms. The van der Waals surface area contributed by atoms with E-state index in [-0.39, 0.29) is 11.6 Å². The van der Waals surface area contributed by atoms with Crippen molar-refractivity contribution in [2.75, 3.05) is 13.2 Å². The van der Waals surface area contributed by atoms with Crippen molar-refractivity contribution < 1.29 is 13.4 Å². The van der Waals surface area contributed by atoms with Gasteiger partial charge in [0.05, 0.1) is 0 Å². The smallest absolute Gasteiger partial charge is 0.239 e. The van der Waals surface area contributed by atoms with Gasteiger partial charge in [-0.1, -0.05) is 24.3 Å². The van der Waals surface area contributed by atoms with E-state index in [1.807, 2.05) is 0 Å². The SMILES string of the molecule is Fc1ccc([B-]2(c3ccc(F)cc3)NCCO2)cc1. The van der Waals surface area contributed by atoms with Crippen molar-refractivity contribution in [3.63, 3.8) is 0 Å². The zero-order valence-corrected chi connectivity index (χ0v) is 10.3. The van der Waals surface area contributed by atoms with Crippen LogP contribution in [0.4, 0.5) is 8.78 Å². The van der Waals surface area contributed by atoms with Crippen molar-refractivity contribution in [1.82, 2.24) is 5.23 Å². The highest BCUT2D eigenvalue weighted by Gasteiger charge is 2.32. The van der Waals surface area contributed by atoms with Crippen molar-refractivity contribution in [3.05, 3.63) is 60.2 Å². The summed E-state index contributed by atoms with van der Waals surface area (Å²) in [6, 6.07) is 12.5. The zero-order valence-electron chi connectivity index (χ0n) is 10.3. The fraction of sp³-hybridized carbons (Fsp3) is 0.143. The minimum absolute atomic E-state index is 0.285. The minimum Gasteiger partial charge on any atom is -0.570 e. The van der Waals surface area contributed by atoms with E-state index in [4.69, 9.17) is 4.65 Å². The van der Waals surface area contributed by atoms with Gasteiger partial charge in [0.25, 0.3) is 0 Å². The third-order valence-corrected chi connectivity index (χ3v) is 3.58. The summed E-state index contributed by atoms with van der Waals surface area (Å²) < 4.78 is 32.0. The van der Waals surface area contributed by atoms with Crippen LogP contribution in [0, 0.1) is 11.6 Å². The Bertz CT molecular complexity index is 518. The van der Waals surface area contributed by atoms with E-state index in [0.717, 1.165) is 17.5 Å². The first kappa shape index (κ1) is 12.3. The summed E-state index contributed by atoms with van der Waals surface area (Å²) in [5.41, 5.74) is 1.73. The molecule has 0 aromatic heterocycles. The highest BCUT2D eigenvalue weighted by atomic mass is 19.1. The third-order valence-electron chi connectivity index (χ3n) is 3.58. The summed E-state index contributed by atoms with van der Waals surface area (Å²) in [6.07, 6.45) is 0. The number of hydrogen-bond donors (Lipinski definition) is 1. The van der Waals surface area contributed by atoms with Crippen LogP contribution < -0.4 is 16.2 Å². The van der Waals surface area contributed by atoms with E-state index in [1.54, 1.807) is 24.3 Å². The van der Waals surface area contributed by atoms with Crippen LogP contribution in [0.1, 0.15) is 0 Å². The molecule has 2 nitrogen and oxygen atoms in total. The van der Waals surface area contributed by atoms with E-state index in [0.29, 0.717) is 6.61 Å². The monoisotopic (exact) mass is 260 g/mol. The van der Waals surface area contributed by atoms with E-state index in [9.17, 15) is 8.78 Å². The molecular weight excluding hydrogens is 247 g/mol. The molecule has 0 atom stereocenters. The summed E-state index contributed by atoms with van der Waals surface area (Å²) in [5, 5.41) is 3.34. The van der Waals surface area contributed by atoms with Crippen LogP contribution in [0.25, 0.3) is 0 Å². The predicted molar refractivity (Wildman–Crippen MR) is 71.8 cm³/mol. The maximum atomic E-state index is 13.0. The lowest BCUT2D eigenvalue weighted by atomic mass is 9.42. The Labute approximate surface area is 110 Å². The van der Waals surface area contributed by atoms with Gasteiger partial charge in [-0.25, -0.2) is 8.78 Å². The summed E-state index contributed by atoms with van der Waals surface area (Å²) in [4.78, 5) is 0. The van der Waals surface area contributed by atoms with Crippen LogP contribution in [-0.2, 0) is 4.65 Å². The van der Waals surface area contributed by atoms with Gasteiger partial charge in [0.1, 0.15) is 11.6 Å². The van der Waals surface area contributed by atoms with Gasteiger partial charge in [0, 0.05) is 6.61 Å². The number of hydrogen-bond acceptors (Lipinski definition) is 2. The first-order chi connectivity index (χ1) is 9.21. The average Bonchev–Trinajstić information content (AvgIpc) is 2.91. The van der Waals surface area contributed by atoms with Gasteiger partial charge in [-0.2, -0.15) is 10.9 Å². The summed E-state index contributed by atoms with van der Waals surface area (Å²) in [5.74, 6) is -0.571. The molecule has 98 valence electrons. The second-order valence-corrected chi connectivity index (χ2v) is 4.71. The molecule has 3 rings (SSSR count). The van der Waals surface area contributed by atoms with Crippen molar-refractivity contribution >= 4 is 17.4 Å². The van der Waals surface area contributed by atoms with Crippen molar-refractivity contribution in [1.29, 1.82) is 0 Å². The number of nitrogens with one attached hydrogen (secondary N) is 1. The van der Waals surface area contributed by atoms with Crippen molar-refractivity contribution in [2.45, 2.75) is 0 Å². The summed E-state index contributed by atoms with van der Waals surface area (Å²) >= 11 is 0. The van der Waals surface area contributed by atoms with Crippen LogP contribution in [0.15, 0.2) is 48.5 Å². The van der Waals surface area contributed by atoms with Gasteiger partial charge in [0.15, 0.2) is 0 Å². The molecule has 1 aliphatic heterocycles. The Hall–Kier alpha value is -1.72. The van der Waals surface area contributed by atoms with Crippen molar-refractivity contribution in [3.8, 4) is 0 Å². The highest BCUT2D eigenvalue weighted by molar-refractivity contribution is 6.95. The number of benzene rings is 2. The molecule has 0 saturated carbocycles. The van der Waals surface area contributed by atoms with Gasteiger partial charge in [-0.05, 0) is 30.8 Å². The molecule has 1 heterocycles. The van der Waals surface area contributed by atoms with Crippen molar-refractivity contribution in [2.24, 2.45) is 0 Å². The Morgan fingerprint density at radius 2 is 1.32 bits per heavy atom. The minimum atomic E-state index is -1.58. The Kier molecular flexibility index (Phi) is 3.08. The Morgan fingerprint density at radius 3 is 1.68 bits per heavy atom. The van der Waals surface area contributed by atoms with Crippen LogP contribution in [0.5, 0.6) is 0 Å². The lowest BCUT2D eigenvalue weighted by Crippen LogP contribution is -2.67. The van der Waals surface area contributed by atoms with E-state index >= 15 is 0 Å². The third kappa shape index (κ3) is 2.15. The van der Waals surface area contributed by atoms with Crippen LogP contribution in [-0.4, -0.2) is 19.6 Å². The predicted octanol–water partition coefficient (Wildman–Crippen LogP) is 1.14. The highest BCUT2D eigenvalue weighted by Crippen LogP contribution is 2.10. The first-order valence-corrected chi connectivity index (χ1v) is 6.26. The molecule has 1 aliphatic rings. The maximum absolute atomic E-state index is 13.0. The van der Waals surface area contributed by atoms with Crippen LogP contribution in [0.2, 0.25) is 0 Å². The topological polar surface area (TPSA) is 21.3 Å². The van der Waals surface area contributed by atoms with Crippen LogP contribution in [0.3, 0.4) is 0 Å². The van der Waals surface area contributed by atoms with Gasteiger partial charge >= 0.3 is 0 Å². The summed E-state index contributed by atoms with van der Waals surface area (Å²) in [7, 11) is 0. The molecule has 5 heteroatoms. The van der Waals surface area contributed by atoms with Gasteiger partial charge in [-0.3, -0.25) is 0 Å². The molecule has 0 radical (unpaired) electrons. The number of halogens is 2. The molecule has 0 aliphatic carbocycles. The second-order valence-electron chi connectivity index (χ2n) is 4.71. The lowest BCUT2D eigenvalue weighted by molar-refractivity contribution is 0.367. The molecule has 2 aromatic rings. The van der Waals surface area contributed by atoms with Crippen LogP contribution >= 0.6 is 0 Å². The van der Waals surface area contributed by atoms with E-state index in [2.05, 4.69) is 5.23 Å². The Morgan fingerprint density at radius 1 is 0.842 bits per heavy atom. The quantitative estimate of drug-likeness (QED) is 0.817. The summed E-state index contributed by atoms with van der Waals surface area (Å²) in [6.45, 7) is -0.286. The molecular formula is C14H13BF2NO-. The molecule has 1 N–H and O–H groups in total. The largest absolute Gasteiger partial charge is 0.570 e.